The predicted molar refractivity (Wildman–Crippen MR) is 103 cm³/mol. The van der Waals surface area contributed by atoms with Crippen LogP contribution >= 0.6 is 81.9 Å². The third-order valence-electron chi connectivity index (χ3n) is 1.42. The second-order valence-corrected chi connectivity index (χ2v) is 40.1. The molecule has 0 radical (unpaired) electrons. The number of hydrogen-bond acceptors (Lipinski definition) is 4. The fourth-order valence-corrected chi connectivity index (χ4v) is 2.07. The Morgan fingerprint density at radius 3 is 1.44 bits per heavy atom. The normalized spacial score (nSPS) is 10.1. The van der Waals surface area contributed by atoms with Crippen LogP contribution in [-0.2, 0) is 4.92 Å². The van der Waals surface area contributed by atoms with Crippen LogP contribution in [0.4, 0.5) is 0 Å². The van der Waals surface area contributed by atoms with Gasteiger partial charge >= 0.3 is 64.9 Å². The zero-order valence-electron chi connectivity index (χ0n) is 9.64. The summed E-state index contributed by atoms with van der Waals surface area (Å²) in [7, 11) is 3.40. The molecule has 2 nitrogen and oxygen atoms in total. The van der Waals surface area contributed by atoms with Crippen molar-refractivity contribution < 1.29 is 4.92 Å². The van der Waals surface area contributed by atoms with Crippen molar-refractivity contribution in [1.29, 1.82) is 0 Å². The van der Waals surface area contributed by atoms with E-state index in [9.17, 15) is 0 Å². The van der Waals surface area contributed by atoms with Gasteiger partial charge in [0.15, 0.2) is 0 Å². The van der Waals surface area contributed by atoms with Crippen molar-refractivity contribution in [3.05, 3.63) is 0 Å². The average molecular weight is 640 g/mol. The molecular weight excluding hydrogens is 620 g/mol. The molecule has 0 saturated carbocycles. The van der Waals surface area contributed by atoms with Crippen molar-refractivity contribution in [3.63, 3.8) is 0 Å². The third-order valence-corrected chi connectivity index (χ3v) is 3.11. The summed E-state index contributed by atoms with van der Waals surface area (Å²) in [5, 5.41) is 0. The van der Waals surface area contributed by atoms with Crippen molar-refractivity contribution in [1.82, 2.24) is 9.44 Å². The molecule has 100 valence electrons. The van der Waals surface area contributed by atoms with Crippen LogP contribution in [0.1, 0.15) is 39.5 Å². The summed E-state index contributed by atoms with van der Waals surface area (Å²) in [5.41, 5.74) is 0. The van der Waals surface area contributed by atoms with E-state index in [4.69, 9.17) is 0 Å². The van der Waals surface area contributed by atoms with E-state index in [-0.39, 0.29) is 4.92 Å². The van der Waals surface area contributed by atoms with Crippen LogP contribution in [0.3, 0.4) is 0 Å². The van der Waals surface area contributed by atoms with Crippen LogP contribution in [0.25, 0.3) is 0 Å². The summed E-state index contributed by atoms with van der Waals surface area (Å²) in [6, 6.07) is 0. The quantitative estimate of drug-likeness (QED) is 0.148. The van der Waals surface area contributed by atoms with Crippen LogP contribution < -0.4 is 9.44 Å². The van der Waals surface area contributed by atoms with E-state index in [1.807, 2.05) is 0 Å². The molecule has 0 aromatic rings. The van der Waals surface area contributed by atoms with Gasteiger partial charge in [0.1, 0.15) is 0 Å². The fraction of sp³-hybridized carbons (Fsp3) is 1.00. The molecule has 0 spiro atoms. The van der Waals surface area contributed by atoms with Crippen LogP contribution in [0.15, 0.2) is 0 Å². The number of hydrogen-bond donors (Lipinski definition) is 2. The van der Waals surface area contributed by atoms with E-state index in [0.717, 1.165) is 13.1 Å². The molecule has 0 atom stereocenters. The first-order chi connectivity index (χ1) is 7.65. The van der Waals surface area contributed by atoms with Gasteiger partial charge < -0.3 is 0 Å². The minimum atomic E-state index is -0.278. The van der Waals surface area contributed by atoms with Gasteiger partial charge in [0.05, 0.1) is 0 Å². The van der Waals surface area contributed by atoms with E-state index in [0.29, 0.717) is 0 Å². The molecule has 0 aliphatic rings. The monoisotopic (exact) mass is 640 g/mol. The summed E-state index contributed by atoms with van der Waals surface area (Å²) < 4.78 is 6.56. The van der Waals surface area contributed by atoms with Crippen molar-refractivity contribution >= 4 is 81.9 Å². The molecule has 0 aliphatic heterocycles. The summed E-state index contributed by atoms with van der Waals surface area (Å²) in [6.45, 7) is 6.64. The Balaban J connectivity index is 0. The molecule has 0 heterocycles. The molecule has 0 amide bonds. The van der Waals surface area contributed by atoms with Crippen molar-refractivity contribution in [2.75, 3.05) is 13.1 Å². The van der Waals surface area contributed by atoms with Crippen LogP contribution in [0.5, 0.6) is 0 Å². The van der Waals surface area contributed by atoms with E-state index < -0.39 is 0 Å². The summed E-state index contributed by atoms with van der Waals surface area (Å²) in [6.07, 6.45) is 5.06. The van der Waals surface area contributed by atoms with Gasteiger partial charge in [0.2, 0.25) is 0 Å². The Labute approximate surface area is 146 Å². The van der Waals surface area contributed by atoms with Crippen molar-refractivity contribution in [2.24, 2.45) is 0 Å². The van der Waals surface area contributed by atoms with Gasteiger partial charge in [-0.3, -0.25) is 9.44 Å². The van der Waals surface area contributed by atoms with Crippen LogP contribution in [-0.4, -0.2) is 13.1 Å². The van der Waals surface area contributed by atoms with Crippen molar-refractivity contribution in [3.8, 4) is 0 Å². The SMILES string of the molecule is CCCCNSSNCCCC.[I][V]([I])[I]. The van der Waals surface area contributed by atoms with E-state index in [1.54, 1.807) is 22.0 Å². The molecule has 0 fully saturated rings. The molecule has 2 N–H and O–H groups in total. The first kappa shape index (κ1) is 21.7. The van der Waals surface area contributed by atoms with E-state index >= 15 is 0 Å². The molecule has 8 heteroatoms. The van der Waals surface area contributed by atoms with Gasteiger partial charge in [-0.15, -0.1) is 0 Å². The van der Waals surface area contributed by atoms with Gasteiger partial charge in [0, 0.05) is 35.0 Å². The van der Waals surface area contributed by atoms with Gasteiger partial charge in [-0.25, -0.2) is 0 Å². The number of halogens is 3. The van der Waals surface area contributed by atoms with Crippen LogP contribution in [0.2, 0.25) is 0 Å². The van der Waals surface area contributed by atoms with E-state index in [1.165, 1.54) is 25.7 Å². The van der Waals surface area contributed by atoms with Crippen LogP contribution in [0, 0.1) is 0 Å². The Bertz CT molecular complexity index is 113. The van der Waals surface area contributed by atoms with E-state index in [2.05, 4.69) is 83.2 Å². The number of unbranched alkanes of at least 4 members (excludes halogenated alkanes) is 2. The molecule has 0 bridgehead atoms. The number of nitrogens with one attached hydrogen (secondary N) is 2. The van der Waals surface area contributed by atoms with Gasteiger partial charge in [-0.2, -0.15) is 0 Å². The zero-order valence-corrected chi connectivity index (χ0v) is 19.1. The standard InChI is InChI=1S/C8H20N2S2.3HI.V/c1-3-5-7-9-11-12-10-8-6-4-2;;;;/h9-10H,3-8H2,1-2H3;3*1H;/q;;;;+3/p-3. The molecule has 16 heavy (non-hydrogen) atoms. The second-order valence-electron chi connectivity index (χ2n) is 2.85. The third kappa shape index (κ3) is 30.4. The topological polar surface area (TPSA) is 24.1 Å². The maximum absolute atomic E-state index is 3.28. The summed E-state index contributed by atoms with van der Waals surface area (Å²) in [5.74, 6) is 0. The van der Waals surface area contributed by atoms with Gasteiger partial charge in [-0.05, 0) is 12.8 Å². The summed E-state index contributed by atoms with van der Waals surface area (Å²) in [4.78, 5) is -0.278. The molecule has 0 rings (SSSR count). The minimum absolute atomic E-state index is 0.278. The van der Waals surface area contributed by atoms with Crippen molar-refractivity contribution in [2.45, 2.75) is 39.5 Å². The molecule has 0 unspecified atom stereocenters. The predicted octanol–water partition coefficient (Wildman–Crippen LogP) is 5.63. The molecule has 0 saturated heterocycles. The number of rotatable bonds is 9. The average Bonchev–Trinajstić information content (AvgIpc) is 2.21. The molecular formula is C8H20I3N2S2V. The second kappa shape index (κ2) is 20.7. The first-order valence-electron chi connectivity index (χ1n) is 5.20. The maximum atomic E-state index is 3.28. The molecule has 0 aromatic heterocycles. The molecule has 0 aromatic carbocycles. The Kier molecular flexibility index (Phi) is 28.1. The Hall–Kier alpha value is 3.39. The van der Waals surface area contributed by atoms with Gasteiger partial charge in [0.25, 0.3) is 0 Å². The Morgan fingerprint density at radius 2 is 1.19 bits per heavy atom. The molecule has 0 aliphatic carbocycles. The van der Waals surface area contributed by atoms with Gasteiger partial charge in [-0.1, -0.05) is 26.7 Å². The Morgan fingerprint density at radius 1 is 0.875 bits per heavy atom. The first-order valence-corrected chi connectivity index (χ1v) is 20.9. The zero-order chi connectivity index (χ0) is 12.6. The fourth-order valence-electron chi connectivity index (χ4n) is 0.640. The summed E-state index contributed by atoms with van der Waals surface area (Å²) >= 11 is 7.39.